The highest BCUT2D eigenvalue weighted by Gasteiger charge is 1.84. The van der Waals surface area contributed by atoms with Gasteiger partial charge in [0.2, 0.25) is 0 Å². The van der Waals surface area contributed by atoms with Gasteiger partial charge in [-0.25, -0.2) is 4.79 Å². The molecule has 0 aliphatic rings. The molecule has 3 N–H and O–H groups in total. The zero-order valence-electron chi connectivity index (χ0n) is 5.45. The summed E-state index contributed by atoms with van der Waals surface area (Å²) in [6.07, 6.45) is 1.33. The van der Waals surface area contributed by atoms with Gasteiger partial charge in [0.1, 0.15) is 6.21 Å². The number of carboxylic acid groups (broad SMARTS) is 1. The monoisotopic (exact) mass is 146 g/mol. The van der Waals surface area contributed by atoms with Crippen LogP contribution in [-0.2, 0) is 4.79 Å². The Balaban J connectivity index is 3.10. The van der Waals surface area contributed by atoms with Gasteiger partial charge in [0, 0.05) is 13.2 Å². The fourth-order valence-corrected chi connectivity index (χ4v) is 0.324. The normalized spacial score (nSPS) is 10.1. The Morgan fingerprint density at radius 1 is 1.70 bits per heavy atom. The Morgan fingerprint density at radius 3 is 2.90 bits per heavy atom. The maximum absolute atomic E-state index is 9.79. The molecule has 0 radical (unpaired) electrons. The number of rotatable bonds is 5. The molecule has 0 aromatic carbocycles. The van der Waals surface area contributed by atoms with Crippen molar-refractivity contribution in [1.82, 2.24) is 5.43 Å². The van der Waals surface area contributed by atoms with Crippen LogP contribution in [0.3, 0.4) is 0 Å². The average Bonchev–Trinajstić information content (AvgIpc) is 1.87. The topological polar surface area (TPSA) is 81.9 Å². The first-order chi connectivity index (χ1) is 4.77. The molecular weight excluding hydrogens is 136 g/mol. The van der Waals surface area contributed by atoms with E-state index in [9.17, 15) is 4.79 Å². The molecule has 5 nitrogen and oxygen atoms in total. The molecule has 0 saturated heterocycles. The largest absolute Gasteiger partial charge is 0.477 e. The van der Waals surface area contributed by atoms with Gasteiger partial charge in [-0.2, -0.15) is 5.10 Å². The van der Waals surface area contributed by atoms with Crippen molar-refractivity contribution in [3.8, 4) is 0 Å². The predicted octanol–water partition coefficient (Wildman–Crippen LogP) is -0.971. The van der Waals surface area contributed by atoms with Crippen LogP contribution in [0.4, 0.5) is 0 Å². The zero-order valence-corrected chi connectivity index (χ0v) is 5.45. The van der Waals surface area contributed by atoms with Crippen LogP contribution < -0.4 is 5.43 Å². The predicted molar refractivity (Wildman–Crippen MR) is 35.8 cm³/mol. The number of hydrogen-bond acceptors (Lipinski definition) is 4. The fraction of sp³-hybridized carbons (Fsp3) is 0.600. The number of nitrogens with one attached hydrogen (secondary N) is 1. The second-order valence-electron chi connectivity index (χ2n) is 1.58. The van der Waals surface area contributed by atoms with E-state index in [2.05, 4.69) is 10.5 Å². The number of carbonyl (C=O) groups is 1. The van der Waals surface area contributed by atoms with Gasteiger partial charge in [-0.1, -0.05) is 0 Å². The van der Waals surface area contributed by atoms with Crippen molar-refractivity contribution in [3.05, 3.63) is 0 Å². The summed E-state index contributed by atoms with van der Waals surface area (Å²) in [4.78, 5) is 9.79. The summed E-state index contributed by atoms with van der Waals surface area (Å²) >= 11 is 0. The highest BCUT2D eigenvalue weighted by Crippen LogP contribution is 1.70. The summed E-state index contributed by atoms with van der Waals surface area (Å²) in [6.45, 7) is 0.565. The van der Waals surface area contributed by atoms with Gasteiger partial charge in [-0.15, -0.1) is 0 Å². The van der Waals surface area contributed by atoms with E-state index in [4.69, 9.17) is 10.2 Å². The first-order valence-corrected chi connectivity index (χ1v) is 2.87. The molecule has 0 aliphatic heterocycles. The molecule has 0 aromatic heterocycles. The Bertz CT molecular complexity index is 124. The number of hydrazone groups is 1. The van der Waals surface area contributed by atoms with Crippen LogP contribution in [0.2, 0.25) is 0 Å². The summed E-state index contributed by atoms with van der Waals surface area (Å²) in [5.74, 6) is -1.09. The van der Waals surface area contributed by atoms with E-state index in [0.29, 0.717) is 13.0 Å². The van der Waals surface area contributed by atoms with Crippen LogP contribution in [0.25, 0.3) is 0 Å². The molecular formula is C5H10N2O3. The molecule has 10 heavy (non-hydrogen) atoms. The molecule has 58 valence electrons. The first-order valence-electron chi connectivity index (χ1n) is 2.87. The van der Waals surface area contributed by atoms with Gasteiger partial charge in [0.15, 0.2) is 0 Å². The lowest BCUT2D eigenvalue weighted by Crippen LogP contribution is -2.10. The van der Waals surface area contributed by atoms with E-state index in [1.54, 1.807) is 0 Å². The fourth-order valence-electron chi connectivity index (χ4n) is 0.324. The van der Waals surface area contributed by atoms with E-state index in [-0.39, 0.29) is 6.61 Å². The Morgan fingerprint density at radius 2 is 2.40 bits per heavy atom. The number of aliphatic carboxylic acids is 1. The quantitative estimate of drug-likeness (QED) is 0.265. The zero-order chi connectivity index (χ0) is 7.82. The molecule has 0 rings (SSSR count). The van der Waals surface area contributed by atoms with Gasteiger partial charge in [-0.3, -0.25) is 0 Å². The van der Waals surface area contributed by atoms with Gasteiger partial charge in [-0.05, 0) is 6.42 Å². The van der Waals surface area contributed by atoms with Gasteiger partial charge in [0.25, 0.3) is 0 Å². The molecule has 0 saturated carbocycles. The van der Waals surface area contributed by atoms with Gasteiger partial charge < -0.3 is 15.6 Å². The van der Waals surface area contributed by atoms with Crippen LogP contribution in [0.1, 0.15) is 6.42 Å². The molecule has 0 atom stereocenters. The van der Waals surface area contributed by atoms with Crippen LogP contribution in [0.5, 0.6) is 0 Å². The number of hydrogen-bond donors (Lipinski definition) is 3. The molecule has 0 fully saturated rings. The first kappa shape index (κ1) is 8.90. The van der Waals surface area contributed by atoms with Crippen molar-refractivity contribution in [3.63, 3.8) is 0 Å². The Labute approximate surface area is 58.4 Å². The molecule has 0 aliphatic carbocycles. The lowest BCUT2D eigenvalue weighted by Gasteiger charge is -1.93. The van der Waals surface area contributed by atoms with Crippen molar-refractivity contribution in [2.75, 3.05) is 13.2 Å². The second kappa shape index (κ2) is 6.03. The van der Waals surface area contributed by atoms with Crippen molar-refractivity contribution in [2.45, 2.75) is 6.42 Å². The van der Waals surface area contributed by atoms with E-state index < -0.39 is 5.97 Å². The van der Waals surface area contributed by atoms with Crippen LogP contribution in [-0.4, -0.2) is 35.5 Å². The van der Waals surface area contributed by atoms with Gasteiger partial charge >= 0.3 is 5.97 Å². The SMILES string of the molecule is O=C(O)/C=N/NCCCO. The number of carboxylic acids is 1. The van der Waals surface area contributed by atoms with Crippen LogP contribution in [0, 0.1) is 0 Å². The number of nitrogens with zero attached hydrogens (tertiary/aromatic N) is 1. The highest BCUT2D eigenvalue weighted by molar-refractivity contribution is 6.21. The molecule has 0 heterocycles. The van der Waals surface area contributed by atoms with E-state index in [0.717, 1.165) is 6.21 Å². The summed E-state index contributed by atoms with van der Waals surface area (Å²) in [5, 5.41) is 19.6. The smallest absolute Gasteiger partial charge is 0.348 e. The summed E-state index contributed by atoms with van der Waals surface area (Å²) < 4.78 is 0. The third-order valence-corrected chi connectivity index (χ3v) is 0.713. The number of aliphatic hydroxyl groups is 1. The molecule has 0 bridgehead atoms. The van der Waals surface area contributed by atoms with Crippen LogP contribution >= 0.6 is 0 Å². The minimum absolute atomic E-state index is 0.0790. The van der Waals surface area contributed by atoms with Crippen LogP contribution in [0.15, 0.2) is 5.10 Å². The average molecular weight is 146 g/mol. The molecule has 0 unspecified atom stereocenters. The lowest BCUT2D eigenvalue weighted by molar-refractivity contribution is -0.128. The molecule has 0 spiro atoms. The molecule has 0 amide bonds. The van der Waals surface area contributed by atoms with Crippen molar-refractivity contribution in [1.29, 1.82) is 0 Å². The molecule has 0 aromatic rings. The minimum Gasteiger partial charge on any atom is -0.477 e. The Kier molecular flexibility index (Phi) is 5.36. The third kappa shape index (κ3) is 6.90. The molecule has 5 heteroatoms. The standard InChI is InChI=1S/C5H10N2O3/c8-3-1-2-6-7-4-5(9)10/h4,6,8H,1-3H2,(H,9,10)/b7-4+. The highest BCUT2D eigenvalue weighted by atomic mass is 16.4. The van der Waals surface area contributed by atoms with Crippen molar-refractivity contribution < 1.29 is 15.0 Å². The maximum Gasteiger partial charge on any atom is 0.348 e. The lowest BCUT2D eigenvalue weighted by atomic mass is 10.5. The van der Waals surface area contributed by atoms with E-state index in [1.165, 1.54) is 0 Å². The van der Waals surface area contributed by atoms with E-state index in [1.807, 2.05) is 0 Å². The van der Waals surface area contributed by atoms with Crippen molar-refractivity contribution >= 4 is 12.2 Å². The van der Waals surface area contributed by atoms with E-state index >= 15 is 0 Å². The summed E-state index contributed by atoms with van der Waals surface area (Å²) in [6, 6.07) is 0. The van der Waals surface area contributed by atoms with Gasteiger partial charge in [0.05, 0.1) is 0 Å². The number of aliphatic hydroxyl groups excluding tert-OH is 1. The maximum atomic E-state index is 9.79. The summed E-state index contributed by atoms with van der Waals surface area (Å²) in [5.41, 5.74) is 2.45. The third-order valence-electron chi connectivity index (χ3n) is 0.713. The Hall–Kier alpha value is -1.10. The minimum atomic E-state index is -1.09. The summed E-state index contributed by atoms with van der Waals surface area (Å²) in [7, 11) is 0. The van der Waals surface area contributed by atoms with Crippen molar-refractivity contribution in [2.24, 2.45) is 5.10 Å². The second-order valence-corrected chi connectivity index (χ2v) is 1.58.